The van der Waals surface area contributed by atoms with Crippen LogP contribution in [0.1, 0.15) is 18.9 Å². The number of thioether (sulfide) groups is 1. The molecule has 26 heavy (non-hydrogen) atoms. The summed E-state index contributed by atoms with van der Waals surface area (Å²) in [5.74, 6) is 2.07. The van der Waals surface area contributed by atoms with E-state index in [-0.39, 0.29) is 5.82 Å². The van der Waals surface area contributed by atoms with E-state index < -0.39 is 6.10 Å². The van der Waals surface area contributed by atoms with Crippen molar-refractivity contribution in [2.24, 2.45) is 0 Å². The second kappa shape index (κ2) is 9.05. The summed E-state index contributed by atoms with van der Waals surface area (Å²) in [5.41, 5.74) is 0. The highest BCUT2D eigenvalue weighted by atomic mass is 79.9. The van der Waals surface area contributed by atoms with E-state index in [1.807, 2.05) is 24.3 Å². The minimum atomic E-state index is -0.429. The van der Waals surface area contributed by atoms with Gasteiger partial charge in [-0.05, 0) is 55.5 Å². The Morgan fingerprint density at radius 3 is 2.50 bits per heavy atom. The van der Waals surface area contributed by atoms with Gasteiger partial charge in [-0.15, -0.1) is 10.2 Å². The van der Waals surface area contributed by atoms with E-state index in [0.29, 0.717) is 29.2 Å². The van der Waals surface area contributed by atoms with E-state index in [2.05, 4.69) is 26.1 Å². The lowest BCUT2D eigenvalue weighted by Gasteiger charge is -2.10. The first kappa shape index (κ1) is 18.7. The van der Waals surface area contributed by atoms with E-state index in [1.165, 1.54) is 23.9 Å². The molecule has 5 nitrogen and oxygen atoms in total. The summed E-state index contributed by atoms with van der Waals surface area (Å²) >= 11 is 4.79. The number of benzene rings is 2. The molecule has 0 spiro atoms. The first-order chi connectivity index (χ1) is 12.6. The van der Waals surface area contributed by atoms with Gasteiger partial charge < -0.3 is 13.9 Å². The Morgan fingerprint density at radius 2 is 1.77 bits per heavy atom. The molecule has 136 valence electrons. The van der Waals surface area contributed by atoms with Gasteiger partial charge >= 0.3 is 0 Å². The molecule has 2 aromatic carbocycles. The molecule has 0 aliphatic heterocycles. The first-order valence-electron chi connectivity index (χ1n) is 7.87. The standard InChI is InChI=1S/C18H16BrFN2O3S/c1-12(24-16-8-4-14(20)5-9-16)17-21-22-18(25-17)26-11-10-23-15-6-2-13(19)3-7-15/h2-9,12H,10-11H2,1H3. The van der Waals surface area contributed by atoms with Gasteiger partial charge in [0.05, 0.1) is 6.61 Å². The van der Waals surface area contributed by atoms with Gasteiger partial charge in [-0.1, -0.05) is 27.7 Å². The van der Waals surface area contributed by atoms with Gasteiger partial charge in [-0.2, -0.15) is 0 Å². The Bertz CT molecular complexity index is 827. The fraction of sp³-hybridized carbons (Fsp3) is 0.222. The van der Waals surface area contributed by atoms with Crippen LogP contribution in [0, 0.1) is 5.82 Å². The first-order valence-corrected chi connectivity index (χ1v) is 9.65. The molecule has 3 rings (SSSR count). The van der Waals surface area contributed by atoms with Crippen LogP contribution in [-0.2, 0) is 0 Å². The van der Waals surface area contributed by atoms with Gasteiger partial charge in [0.1, 0.15) is 17.3 Å². The largest absolute Gasteiger partial charge is 0.493 e. The second-order valence-electron chi connectivity index (χ2n) is 5.27. The highest BCUT2D eigenvalue weighted by molar-refractivity contribution is 9.10. The summed E-state index contributed by atoms with van der Waals surface area (Å²) in [6.45, 7) is 2.31. The average Bonchev–Trinajstić information content (AvgIpc) is 3.11. The molecule has 3 aromatic rings. The Hall–Kier alpha value is -2.06. The van der Waals surface area contributed by atoms with Gasteiger partial charge in [0.2, 0.25) is 0 Å². The van der Waals surface area contributed by atoms with Crippen molar-refractivity contribution in [2.45, 2.75) is 18.3 Å². The lowest BCUT2D eigenvalue weighted by Crippen LogP contribution is -2.03. The van der Waals surface area contributed by atoms with Crippen molar-refractivity contribution in [1.29, 1.82) is 0 Å². The van der Waals surface area contributed by atoms with E-state index in [1.54, 1.807) is 19.1 Å². The molecular weight excluding hydrogens is 423 g/mol. The minimum absolute atomic E-state index is 0.313. The molecule has 0 aliphatic carbocycles. The maximum absolute atomic E-state index is 12.9. The number of hydrogen-bond donors (Lipinski definition) is 0. The van der Waals surface area contributed by atoms with Crippen LogP contribution in [0.2, 0.25) is 0 Å². The average molecular weight is 439 g/mol. The van der Waals surface area contributed by atoms with E-state index in [4.69, 9.17) is 13.9 Å². The number of ether oxygens (including phenoxy) is 2. The monoisotopic (exact) mass is 438 g/mol. The molecule has 0 bridgehead atoms. The topological polar surface area (TPSA) is 57.4 Å². The van der Waals surface area contributed by atoms with Crippen molar-refractivity contribution in [3.8, 4) is 11.5 Å². The highest BCUT2D eigenvalue weighted by Gasteiger charge is 2.16. The SMILES string of the molecule is CC(Oc1ccc(F)cc1)c1nnc(SCCOc2ccc(Br)cc2)o1. The lowest BCUT2D eigenvalue weighted by molar-refractivity contribution is 0.181. The minimum Gasteiger partial charge on any atom is -0.493 e. The number of nitrogens with zero attached hydrogens (tertiary/aromatic N) is 2. The molecular formula is C18H16BrFN2O3S. The predicted octanol–water partition coefficient (Wildman–Crippen LogP) is 5.28. The predicted molar refractivity (Wildman–Crippen MR) is 100 cm³/mol. The van der Waals surface area contributed by atoms with Crippen LogP contribution in [-0.4, -0.2) is 22.6 Å². The Kier molecular flexibility index (Phi) is 6.51. The zero-order valence-corrected chi connectivity index (χ0v) is 16.3. The van der Waals surface area contributed by atoms with Crippen molar-refractivity contribution in [1.82, 2.24) is 10.2 Å². The van der Waals surface area contributed by atoms with Gasteiger partial charge in [-0.25, -0.2) is 4.39 Å². The normalized spacial score (nSPS) is 12.0. The number of halogens is 2. The van der Waals surface area contributed by atoms with E-state index in [9.17, 15) is 4.39 Å². The van der Waals surface area contributed by atoms with E-state index in [0.717, 1.165) is 10.2 Å². The molecule has 0 saturated carbocycles. The van der Waals surface area contributed by atoms with Crippen molar-refractivity contribution < 1.29 is 18.3 Å². The molecule has 0 saturated heterocycles. The molecule has 0 amide bonds. The fourth-order valence-corrected chi connectivity index (χ4v) is 2.88. The Labute approximate surface area is 163 Å². The summed E-state index contributed by atoms with van der Waals surface area (Å²) in [4.78, 5) is 0. The third kappa shape index (κ3) is 5.47. The fourth-order valence-electron chi connectivity index (χ4n) is 2.03. The Morgan fingerprint density at radius 1 is 1.08 bits per heavy atom. The number of rotatable bonds is 8. The smallest absolute Gasteiger partial charge is 0.276 e. The molecule has 0 radical (unpaired) electrons. The molecule has 0 aliphatic rings. The number of hydrogen-bond acceptors (Lipinski definition) is 6. The third-order valence-electron chi connectivity index (χ3n) is 3.29. The summed E-state index contributed by atoms with van der Waals surface area (Å²) in [5, 5.41) is 8.44. The molecule has 8 heteroatoms. The van der Waals surface area contributed by atoms with Crippen LogP contribution in [0.25, 0.3) is 0 Å². The van der Waals surface area contributed by atoms with Crippen LogP contribution in [0.4, 0.5) is 4.39 Å². The number of aromatic nitrogens is 2. The summed E-state index contributed by atoms with van der Waals surface area (Å²) in [6.07, 6.45) is -0.429. The van der Waals surface area contributed by atoms with Crippen LogP contribution < -0.4 is 9.47 Å². The van der Waals surface area contributed by atoms with Crippen LogP contribution in [0.5, 0.6) is 11.5 Å². The van der Waals surface area contributed by atoms with E-state index >= 15 is 0 Å². The van der Waals surface area contributed by atoms with Gasteiger partial charge in [0, 0.05) is 10.2 Å². The molecule has 0 fully saturated rings. The second-order valence-corrected chi connectivity index (χ2v) is 7.23. The molecule has 1 unspecified atom stereocenters. The Balaban J connectivity index is 1.45. The van der Waals surface area contributed by atoms with Crippen molar-refractivity contribution in [3.63, 3.8) is 0 Å². The quantitative estimate of drug-likeness (QED) is 0.352. The maximum atomic E-state index is 12.9. The van der Waals surface area contributed by atoms with Crippen LogP contribution in [0.15, 0.2) is 62.6 Å². The molecule has 1 aromatic heterocycles. The summed E-state index contributed by atoms with van der Waals surface area (Å²) < 4.78 is 30.8. The van der Waals surface area contributed by atoms with Gasteiger partial charge in [-0.3, -0.25) is 0 Å². The molecule has 1 atom stereocenters. The zero-order valence-electron chi connectivity index (χ0n) is 13.9. The molecule has 1 heterocycles. The maximum Gasteiger partial charge on any atom is 0.276 e. The third-order valence-corrected chi connectivity index (χ3v) is 4.60. The van der Waals surface area contributed by atoms with Crippen molar-refractivity contribution >= 4 is 27.7 Å². The summed E-state index contributed by atoms with van der Waals surface area (Å²) in [6, 6.07) is 13.4. The van der Waals surface area contributed by atoms with Crippen molar-refractivity contribution in [2.75, 3.05) is 12.4 Å². The van der Waals surface area contributed by atoms with Crippen LogP contribution >= 0.6 is 27.7 Å². The van der Waals surface area contributed by atoms with Gasteiger partial charge in [0.25, 0.3) is 11.1 Å². The highest BCUT2D eigenvalue weighted by Crippen LogP contribution is 2.24. The van der Waals surface area contributed by atoms with Gasteiger partial charge in [0.15, 0.2) is 6.10 Å². The molecule has 0 N–H and O–H groups in total. The van der Waals surface area contributed by atoms with Crippen molar-refractivity contribution in [3.05, 3.63) is 64.7 Å². The summed E-state index contributed by atoms with van der Waals surface area (Å²) in [7, 11) is 0. The zero-order chi connectivity index (χ0) is 18.4. The lowest BCUT2D eigenvalue weighted by atomic mass is 10.3. The van der Waals surface area contributed by atoms with Crippen LogP contribution in [0.3, 0.4) is 0 Å².